The highest BCUT2D eigenvalue weighted by Gasteiger charge is 2.33. The number of nitrogens with one attached hydrogen (secondary N) is 2. The zero-order chi connectivity index (χ0) is 19.8. The number of rotatable bonds is 3. The summed E-state index contributed by atoms with van der Waals surface area (Å²) in [5, 5.41) is 6.11. The predicted octanol–water partition coefficient (Wildman–Crippen LogP) is 1.89. The average Bonchev–Trinajstić information content (AvgIpc) is 3.28. The summed E-state index contributed by atoms with van der Waals surface area (Å²) in [4.78, 5) is 42.8. The lowest BCUT2D eigenvalue weighted by Crippen LogP contribution is -2.45. The lowest BCUT2D eigenvalue weighted by Gasteiger charge is -2.21. The molecule has 28 heavy (non-hydrogen) atoms. The molecule has 1 saturated heterocycles. The molecule has 1 unspecified atom stereocenters. The van der Waals surface area contributed by atoms with Crippen molar-refractivity contribution >= 4 is 34.3 Å². The number of anilines is 1. The molecular weight excluding hydrogens is 378 g/mol. The number of hydrogen-bond donors (Lipinski definition) is 3. The molecule has 3 heterocycles. The smallest absolute Gasteiger partial charge is 0.324 e. The van der Waals surface area contributed by atoms with E-state index in [0.29, 0.717) is 30.2 Å². The average molecular weight is 399 g/mol. The summed E-state index contributed by atoms with van der Waals surface area (Å²) in [6.45, 7) is 3.02. The van der Waals surface area contributed by atoms with E-state index in [1.165, 1.54) is 16.2 Å². The molecule has 4 rings (SSSR count). The van der Waals surface area contributed by atoms with E-state index in [-0.39, 0.29) is 11.9 Å². The predicted molar refractivity (Wildman–Crippen MR) is 106 cm³/mol. The Hall–Kier alpha value is -2.94. The molecule has 0 saturated carbocycles. The van der Waals surface area contributed by atoms with Gasteiger partial charge in [0.25, 0.3) is 5.91 Å². The second kappa shape index (κ2) is 7.23. The van der Waals surface area contributed by atoms with E-state index in [1.54, 1.807) is 0 Å². The summed E-state index contributed by atoms with van der Waals surface area (Å²) >= 11 is 1.37. The Kier molecular flexibility index (Phi) is 4.76. The Morgan fingerprint density at radius 1 is 1.39 bits per heavy atom. The number of nitrogens with zero attached hydrogens (tertiary/aromatic N) is 2. The maximum absolute atomic E-state index is 12.5. The number of benzene rings is 1. The van der Waals surface area contributed by atoms with Gasteiger partial charge in [-0.3, -0.25) is 14.9 Å². The quantitative estimate of drug-likeness (QED) is 0.730. The first kappa shape index (κ1) is 18.4. The Morgan fingerprint density at radius 2 is 2.21 bits per heavy atom. The van der Waals surface area contributed by atoms with E-state index in [0.717, 1.165) is 34.5 Å². The van der Waals surface area contributed by atoms with Crippen molar-refractivity contribution in [2.45, 2.75) is 32.2 Å². The Bertz CT molecular complexity index is 970. The van der Waals surface area contributed by atoms with E-state index in [4.69, 9.17) is 5.73 Å². The largest absolute Gasteiger partial charge is 0.368 e. The zero-order valence-electron chi connectivity index (χ0n) is 15.4. The van der Waals surface area contributed by atoms with Gasteiger partial charge in [-0.25, -0.2) is 9.78 Å². The molecule has 4 amide bonds. The second-order valence-corrected chi connectivity index (χ2v) is 7.99. The molecule has 1 fully saturated rings. The molecule has 2 aliphatic heterocycles. The summed E-state index contributed by atoms with van der Waals surface area (Å²) in [7, 11) is 0. The van der Waals surface area contributed by atoms with Crippen molar-refractivity contribution in [1.82, 2.24) is 15.2 Å². The lowest BCUT2D eigenvalue weighted by molar-refractivity contribution is -0.121. The standard InChI is InChI=1S/C19H21N5O3S/c1-10-15(12-4-5-13-11(9-12)6-7-21-17(13)26)28-18(22-10)23-19(27)24-8-2-3-14(24)16(20)25/h4-5,9,14H,2-3,6-8H2,1H3,(H2,20,25)(H,21,26)(H,22,23,27). The first-order valence-corrected chi connectivity index (χ1v) is 10.0. The number of thiazole rings is 1. The first-order valence-electron chi connectivity index (χ1n) is 9.20. The fourth-order valence-electron chi connectivity index (χ4n) is 3.76. The van der Waals surface area contributed by atoms with Gasteiger partial charge in [-0.1, -0.05) is 17.4 Å². The molecule has 2 aromatic rings. The van der Waals surface area contributed by atoms with Crippen LogP contribution in [0.4, 0.5) is 9.93 Å². The van der Waals surface area contributed by atoms with Crippen LogP contribution in [0.5, 0.6) is 0 Å². The van der Waals surface area contributed by atoms with Crippen molar-refractivity contribution in [3.05, 3.63) is 35.0 Å². The van der Waals surface area contributed by atoms with Crippen molar-refractivity contribution in [3.63, 3.8) is 0 Å². The van der Waals surface area contributed by atoms with Gasteiger partial charge in [0.2, 0.25) is 5.91 Å². The molecule has 146 valence electrons. The van der Waals surface area contributed by atoms with Gasteiger partial charge in [-0.15, -0.1) is 0 Å². The van der Waals surface area contributed by atoms with Crippen LogP contribution in [0.2, 0.25) is 0 Å². The summed E-state index contributed by atoms with van der Waals surface area (Å²) in [6, 6.07) is 4.83. The number of aromatic nitrogens is 1. The molecular formula is C19H21N5O3S. The highest BCUT2D eigenvalue weighted by molar-refractivity contribution is 7.19. The third-order valence-electron chi connectivity index (χ3n) is 5.14. The Balaban J connectivity index is 1.55. The van der Waals surface area contributed by atoms with Gasteiger partial charge >= 0.3 is 6.03 Å². The number of urea groups is 1. The topological polar surface area (TPSA) is 117 Å². The van der Waals surface area contributed by atoms with Crippen LogP contribution in [0.3, 0.4) is 0 Å². The SMILES string of the molecule is Cc1nc(NC(=O)N2CCCC2C(N)=O)sc1-c1ccc2c(c1)CCNC2=O. The molecule has 8 nitrogen and oxygen atoms in total. The molecule has 9 heteroatoms. The minimum absolute atomic E-state index is 0.0450. The summed E-state index contributed by atoms with van der Waals surface area (Å²) < 4.78 is 0. The summed E-state index contributed by atoms with van der Waals surface area (Å²) in [5.41, 5.74) is 8.88. The summed E-state index contributed by atoms with van der Waals surface area (Å²) in [6.07, 6.45) is 2.14. The number of primary amides is 1. The minimum atomic E-state index is -0.563. The van der Waals surface area contributed by atoms with E-state index in [2.05, 4.69) is 15.6 Å². The molecule has 1 atom stereocenters. The van der Waals surface area contributed by atoms with Crippen molar-refractivity contribution in [2.75, 3.05) is 18.4 Å². The van der Waals surface area contributed by atoms with Gasteiger partial charge in [0.05, 0.1) is 10.6 Å². The number of amides is 4. The van der Waals surface area contributed by atoms with Crippen LogP contribution in [-0.4, -0.2) is 46.9 Å². The molecule has 4 N–H and O–H groups in total. The van der Waals surface area contributed by atoms with Crippen LogP contribution >= 0.6 is 11.3 Å². The fraction of sp³-hybridized carbons (Fsp3) is 0.368. The Labute approximate surface area is 166 Å². The van der Waals surface area contributed by atoms with Crippen LogP contribution in [0, 0.1) is 6.92 Å². The fourth-order valence-corrected chi connectivity index (χ4v) is 4.71. The number of carbonyl (C=O) groups excluding carboxylic acids is 3. The van der Waals surface area contributed by atoms with Gasteiger partial charge in [0.1, 0.15) is 6.04 Å². The number of likely N-dealkylation sites (tertiary alicyclic amines) is 1. The van der Waals surface area contributed by atoms with Crippen molar-refractivity contribution in [2.24, 2.45) is 5.73 Å². The third kappa shape index (κ3) is 3.33. The number of fused-ring (bicyclic) bond motifs is 1. The van der Waals surface area contributed by atoms with E-state index < -0.39 is 11.9 Å². The Morgan fingerprint density at radius 3 is 3.00 bits per heavy atom. The van der Waals surface area contributed by atoms with Gasteiger partial charge in [0, 0.05) is 18.7 Å². The maximum Gasteiger partial charge on any atom is 0.324 e. The highest BCUT2D eigenvalue weighted by atomic mass is 32.1. The van der Waals surface area contributed by atoms with Gasteiger partial charge in [-0.2, -0.15) is 0 Å². The molecule has 1 aromatic carbocycles. The number of nitrogens with two attached hydrogens (primary N) is 1. The maximum atomic E-state index is 12.5. The van der Waals surface area contributed by atoms with Crippen molar-refractivity contribution in [1.29, 1.82) is 0 Å². The first-order chi connectivity index (χ1) is 13.4. The normalized spacial score (nSPS) is 18.5. The van der Waals surface area contributed by atoms with Crippen LogP contribution in [0.1, 0.15) is 34.5 Å². The van der Waals surface area contributed by atoms with Crippen LogP contribution < -0.4 is 16.4 Å². The van der Waals surface area contributed by atoms with Gasteiger partial charge < -0.3 is 16.0 Å². The zero-order valence-corrected chi connectivity index (χ0v) is 16.3. The van der Waals surface area contributed by atoms with E-state index in [9.17, 15) is 14.4 Å². The summed E-state index contributed by atoms with van der Waals surface area (Å²) in [5.74, 6) is -0.529. The molecule has 1 aromatic heterocycles. The van der Waals surface area contributed by atoms with Crippen LogP contribution in [-0.2, 0) is 11.2 Å². The van der Waals surface area contributed by atoms with Gasteiger partial charge in [0.15, 0.2) is 5.13 Å². The number of aryl methyl sites for hydroxylation is 1. The van der Waals surface area contributed by atoms with E-state index >= 15 is 0 Å². The second-order valence-electron chi connectivity index (χ2n) is 7.00. The number of hydrogen-bond acceptors (Lipinski definition) is 5. The molecule has 0 bridgehead atoms. The minimum Gasteiger partial charge on any atom is -0.368 e. The molecule has 0 aliphatic carbocycles. The van der Waals surface area contributed by atoms with Crippen molar-refractivity contribution in [3.8, 4) is 10.4 Å². The lowest BCUT2D eigenvalue weighted by atomic mass is 9.97. The van der Waals surface area contributed by atoms with Gasteiger partial charge in [-0.05, 0) is 49.4 Å². The third-order valence-corrected chi connectivity index (χ3v) is 6.27. The highest BCUT2D eigenvalue weighted by Crippen LogP contribution is 2.34. The van der Waals surface area contributed by atoms with Crippen molar-refractivity contribution < 1.29 is 14.4 Å². The molecule has 0 radical (unpaired) electrons. The monoisotopic (exact) mass is 399 g/mol. The number of carbonyl (C=O) groups is 3. The van der Waals surface area contributed by atoms with E-state index in [1.807, 2.05) is 25.1 Å². The van der Waals surface area contributed by atoms with Crippen LogP contribution in [0.15, 0.2) is 18.2 Å². The molecule has 2 aliphatic rings. The molecule has 0 spiro atoms. The van der Waals surface area contributed by atoms with Crippen LogP contribution in [0.25, 0.3) is 10.4 Å².